The molecule has 4 N–H and O–H groups in total. The number of carboxylic acids is 2. The van der Waals surface area contributed by atoms with Crippen LogP contribution in [0.3, 0.4) is 0 Å². The Bertz CT molecular complexity index is 1050. The minimum Gasteiger partial charge on any atom is -0.478 e. The van der Waals surface area contributed by atoms with Gasteiger partial charge in [0.15, 0.2) is 0 Å². The SMILES string of the molecule is CCOC(=O)c1cc2c(ccc3cnn(C[C@H](C)N)c32)o1.O=C(O)C=CC(=O)O. The monoisotopic (exact) mass is 403 g/mol. The number of rotatable bonds is 6. The Kier molecular flexibility index (Phi) is 7.10. The number of benzene rings is 1. The number of carbonyl (C=O) groups excluding carboxylic acids is 1. The maximum absolute atomic E-state index is 11.8. The molecule has 3 aromatic rings. The largest absolute Gasteiger partial charge is 0.478 e. The van der Waals surface area contributed by atoms with Gasteiger partial charge in [-0.3, -0.25) is 4.68 Å². The van der Waals surface area contributed by atoms with Gasteiger partial charge in [0, 0.05) is 35.0 Å². The summed E-state index contributed by atoms with van der Waals surface area (Å²) in [5, 5.41) is 21.8. The van der Waals surface area contributed by atoms with Gasteiger partial charge in [-0.05, 0) is 26.0 Å². The molecule has 10 nitrogen and oxygen atoms in total. The number of aliphatic carboxylic acids is 2. The molecule has 154 valence electrons. The maximum atomic E-state index is 11.8. The molecule has 0 aliphatic rings. The van der Waals surface area contributed by atoms with Crippen molar-refractivity contribution in [1.29, 1.82) is 0 Å². The van der Waals surface area contributed by atoms with Crippen LogP contribution >= 0.6 is 0 Å². The number of hydrogen-bond donors (Lipinski definition) is 3. The lowest BCUT2D eigenvalue weighted by molar-refractivity contribution is -0.134. The number of furan rings is 1. The van der Waals surface area contributed by atoms with E-state index in [1.807, 2.05) is 23.7 Å². The van der Waals surface area contributed by atoms with E-state index in [9.17, 15) is 14.4 Å². The summed E-state index contributed by atoms with van der Waals surface area (Å²) in [6, 6.07) is 5.44. The highest BCUT2D eigenvalue weighted by Crippen LogP contribution is 2.28. The average molecular weight is 403 g/mol. The summed E-state index contributed by atoms with van der Waals surface area (Å²) in [5.41, 5.74) is 7.41. The second kappa shape index (κ2) is 9.51. The Labute approximate surface area is 165 Å². The molecule has 0 aliphatic carbocycles. The van der Waals surface area contributed by atoms with Crippen LogP contribution in [0.25, 0.3) is 21.9 Å². The highest BCUT2D eigenvalue weighted by molar-refractivity contribution is 6.06. The first kappa shape index (κ1) is 21.6. The van der Waals surface area contributed by atoms with Crippen molar-refractivity contribution in [3.63, 3.8) is 0 Å². The van der Waals surface area contributed by atoms with Crippen LogP contribution < -0.4 is 5.73 Å². The molecule has 0 amide bonds. The molecule has 0 unspecified atom stereocenters. The smallest absolute Gasteiger partial charge is 0.374 e. The molecule has 0 saturated heterocycles. The molecule has 0 spiro atoms. The van der Waals surface area contributed by atoms with Crippen LogP contribution in [0.15, 0.2) is 41.0 Å². The van der Waals surface area contributed by atoms with E-state index in [4.69, 9.17) is 25.1 Å². The lowest BCUT2D eigenvalue weighted by atomic mass is 10.2. The van der Waals surface area contributed by atoms with Crippen LogP contribution in [0, 0.1) is 0 Å². The quantitative estimate of drug-likeness (QED) is 0.413. The summed E-state index contributed by atoms with van der Waals surface area (Å²) in [4.78, 5) is 30.9. The van der Waals surface area contributed by atoms with Crippen LogP contribution in [0.4, 0.5) is 0 Å². The molecule has 1 atom stereocenters. The van der Waals surface area contributed by atoms with Crippen LogP contribution in [0.2, 0.25) is 0 Å². The van der Waals surface area contributed by atoms with Crippen molar-refractivity contribution >= 4 is 39.8 Å². The van der Waals surface area contributed by atoms with Gasteiger partial charge in [-0.25, -0.2) is 14.4 Å². The molecular weight excluding hydrogens is 382 g/mol. The van der Waals surface area contributed by atoms with Crippen molar-refractivity contribution in [1.82, 2.24) is 9.78 Å². The molecule has 10 heteroatoms. The van der Waals surface area contributed by atoms with Gasteiger partial charge in [0.05, 0.1) is 24.9 Å². The fourth-order valence-corrected chi connectivity index (χ4v) is 2.55. The van der Waals surface area contributed by atoms with E-state index in [1.54, 1.807) is 19.2 Å². The predicted octanol–water partition coefficient (Wildman–Crippen LogP) is 2.02. The van der Waals surface area contributed by atoms with Gasteiger partial charge in [-0.1, -0.05) is 0 Å². The second-order valence-electron chi connectivity index (χ2n) is 6.06. The number of nitrogens with two attached hydrogens (primary N) is 1. The van der Waals surface area contributed by atoms with Gasteiger partial charge in [0.25, 0.3) is 0 Å². The summed E-state index contributed by atoms with van der Waals surface area (Å²) in [6.45, 7) is 4.60. The van der Waals surface area contributed by atoms with Crippen LogP contribution in [0.1, 0.15) is 24.4 Å². The van der Waals surface area contributed by atoms with Gasteiger partial charge in [-0.15, -0.1) is 0 Å². The van der Waals surface area contributed by atoms with Crippen molar-refractivity contribution in [3.05, 3.63) is 42.3 Å². The first-order chi connectivity index (χ1) is 13.7. The second-order valence-corrected chi connectivity index (χ2v) is 6.06. The third-order valence-corrected chi connectivity index (χ3v) is 3.60. The molecule has 0 aliphatic heterocycles. The molecule has 29 heavy (non-hydrogen) atoms. The number of fused-ring (bicyclic) bond motifs is 3. The summed E-state index contributed by atoms with van der Waals surface area (Å²) >= 11 is 0. The molecular formula is C19H21N3O7. The van der Waals surface area contributed by atoms with Crippen LogP contribution in [-0.4, -0.2) is 50.6 Å². The van der Waals surface area contributed by atoms with E-state index in [0.717, 1.165) is 16.3 Å². The first-order valence-corrected chi connectivity index (χ1v) is 8.67. The number of carbonyl (C=O) groups is 3. The lowest BCUT2D eigenvalue weighted by Crippen LogP contribution is -2.22. The van der Waals surface area contributed by atoms with E-state index in [0.29, 0.717) is 30.9 Å². The topological polar surface area (TPSA) is 158 Å². The van der Waals surface area contributed by atoms with E-state index in [2.05, 4.69) is 5.10 Å². The normalized spacial score (nSPS) is 12.0. The summed E-state index contributed by atoms with van der Waals surface area (Å²) in [7, 11) is 0. The Morgan fingerprint density at radius 1 is 1.28 bits per heavy atom. The van der Waals surface area contributed by atoms with Gasteiger partial charge in [0.2, 0.25) is 5.76 Å². The first-order valence-electron chi connectivity index (χ1n) is 8.67. The zero-order chi connectivity index (χ0) is 21.6. The fourth-order valence-electron chi connectivity index (χ4n) is 2.55. The Morgan fingerprint density at radius 3 is 2.48 bits per heavy atom. The van der Waals surface area contributed by atoms with E-state index < -0.39 is 17.9 Å². The van der Waals surface area contributed by atoms with Crippen molar-refractivity contribution < 1.29 is 33.8 Å². The van der Waals surface area contributed by atoms with Gasteiger partial charge >= 0.3 is 17.9 Å². The lowest BCUT2D eigenvalue weighted by Gasteiger charge is -2.06. The van der Waals surface area contributed by atoms with Crippen LogP contribution in [0.5, 0.6) is 0 Å². The Morgan fingerprint density at radius 2 is 1.93 bits per heavy atom. The molecule has 0 bridgehead atoms. The fraction of sp³-hybridized carbons (Fsp3) is 0.263. The Balaban J connectivity index is 0.000000321. The highest BCUT2D eigenvalue weighted by atomic mass is 16.5. The van der Waals surface area contributed by atoms with Gasteiger partial charge in [-0.2, -0.15) is 5.10 Å². The van der Waals surface area contributed by atoms with Crippen molar-refractivity contribution in [2.24, 2.45) is 5.73 Å². The molecule has 2 heterocycles. The van der Waals surface area contributed by atoms with Crippen molar-refractivity contribution in [2.75, 3.05) is 6.61 Å². The number of ether oxygens (including phenoxy) is 1. The van der Waals surface area contributed by atoms with Gasteiger partial charge < -0.3 is 25.1 Å². The van der Waals surface area contributed by atoms with E-state index >= 15 is 0 Å². The summed E-state index contributed by atoms with van der Waals surface area (Å²) in [6.07, 6.45) is 2.90. The zero-order valence-electron chi connectivity index (χ0n) is 15.9. The van der Waals surface area contributed by atoms with Crippen molar-refractivity contribution in [3.8, 4) is 0 Å². The number of esters is 1. The summed E-state index contributed by atoms with van der Waals surface area (Å²) in [5.74, 6) is -2.77. The number of aromatic nitrogens is 2. The molecule has 1 aromatic carbocycles. The van der Waals surface area contributed by atoms with Crippen LogP contribution in [-0.2, 0) is 20.9 Å². The maximum Gasteiger partial charge on any atom is 0.374 e. The highest BCUT2D eigenvalue weighted by Gasteiger charge is 2.17. The van der Waals surface area contributed by atoms with E-state index in [1.165, 1.54) is 0 Å². The van der Waals surface area contributed by atoms with Gasteiger partial charge in [0.1, 0.15) is 5.58 Å². The number of carboxylic acid groups (broad SMARTS) is 2. The minimum absolute atomic E-state index is 0.0141. The minimum atomic E-state index is -1.26. The number of nitrogens with zero attached hydrogens (tertiary/aromatic N) is 2. The molecule has 0 saturated carbocycles. The molecule has 0 radical (unpaired) electrons. The third kappa shape index (κ3) is 5.66. The number of hydrogen-bond acceptors (Lipinski definition) is 7. The molecule has 2 aromatic heterocycles. The summed E-state index contributed by atoms with van der Waals surface area (Å²) < 4.78 is 12.4. The Hall–Kier alpha value is -3.66. The predicted molar refractivity (Wildman–Crippen MR) is 104 cm³/mol. The zero-order valence-corrected chi connectivity index (χ0v) is 15.9. The average Bonchev–Trinajstić information content (AvgIpc) is 3.24. The molecule has 3 rings (SSSR count). The third-order valence-electron chi connectivity index (χ3n) is 3.60. The molecule has 0 fully saturated rings. The standard InChI is InChI=1S/C15H17N3O3.C4H4O4/c1-3-20-15(19)13-6-11-12(21-13)5-4-10-7-17-18(14(10)11)8-9(2)16;5-3(6)1-2-4(7)8/h4-7,9H,3,8,16H2,1-2H3;1-2H,(H,5,6)(H,7,8)/t9-;/m0./s1. The van der Waals surface area contributed by atoms with Crippen molar-refractivity contribution in [2.45, 2.75) is 26.4 Å². The van der Waals surface area contributed by atoms with E-state index in [-0.39, 0.29) is 11.8 Å².